The van der Waals surface area contributed by atoms with Gasteiger partial charge in [-0.05, 0) is 18.2 Å². The van der Waals surface area contributed by atoms with Crippen LogP contribution in [0.25, 0.3) is 0 Å². The van der Waals surface area contributed by atoms with Crippen LogP contribution >= 0.6 is 12.6 Å². The van der Waals surface area contributed by atoms with Gasteiger partial charge < -0.3 is 15.2 Å². The van der Waals surface area contributed by atoms with Crippen molar-refractivity contribution in [2.45, 2.75) is 4.90 Å². The summed E-state index contributed by atoms with van der Waals surface area (Å²) in [6.45, 7) is 0.621. The number of anilines is 1. The molecule has 0 aliphatic heterocycles. The first kappa shape index (κ1) is 11.9. The van der Waals surface area contributed by atoms with Gasteiger partial charge in [-0.1, -0.05) is 0 Å². The summed E-state index contributed by atoms with van der Waals surface area (Å²) in [5.74, 6) is -0.401. The number of carbonyl (C=O) groups is 1. The number of benzene rings is 1. The molecular formula is C10H13NO3S. The molecule has 15 heavy (non-hydrogen) atoms. The molecule has 2 N–H and O–H groups in total. The van der Waals surface area contributed by atoms with Gasteiger partial charge in [0.15, 0.2) is 0 Å². The zero-order valence-electron chi connectivity index (χ0n) is 8.40. The van der Waals surface area contributed by atoms with E-state index in [9.17, 15) is 4.79 Å². The van der Waals surface area contributed by atoms with Crippen LogP contribution in [-0.2, 0) is 9.47 Å². The Kier molecular flexibility index (Phi) is 4.45. The molecule has 0 aliphatic carbocycles. The summed E-state index contributed by atoms with van der Waals surface area (Å²) >= 11 is 4.11. The molecular weight excluding hydrogens is 214 g/mol. The van der Waals surface area contributed by atoms with E-state index in [0.717, 1.165) is 0 Å². The van der Waals surface area contributed by atoms with Crippen LogP contribution in [0.15, 0.2) is 23.1 Å². The second-order valence-electron chi connectivity index (χ2n) is 2.90. The monoisotopic (exact) mass is 227 g/mol. The summed E-state index contributed by atoms with van der Waals surface area (Å²) in [6.07, 6.45) is 0. The van der Waals surface area contributed by atoms with Crippen molar-refractivity contribution in [3.05, 3.63) is 23.8 Å². The molecule has 0 saturated carbocycles. The van der Waals surface area contributed by atoms with Gasteiger partial charge in [0, 0.05) is 17.7 Å². The third-order valence-corrected chi connectivity index (χ3v) is 2.17. The van der Waals surface area contributed by atoms with E-state index in [2.05, 4.69) is 12.6 Å². The maximum absolute atomic E-state index is 11.4. The molecule has 0 amide bonds. The Morgan fingerprint density at radius 1 is 1.47 bits per heavy atom. The zero-order chi connectivity index (χ0) is 11.3. The van der Waals surface area contributed by atoms with Crippen LogP contribution in [0.2, 0.25) is 0 Å². The van der Waals surface area contributed by atoms with Crippen LogP contribution in [-0.4, -0.2) is 26.3 Å². The average Bonchev–Trinajstić information content (AvgIpc) is 2.22. The Morgan fingerprint density at radius 2 is 2.20 bits per heavy atom. The second kappa shape index (κ2) is 5.63. The molecule has 0 aromatic heterocycles. The van der Waals surface area contributed by atoms with Crippen molar-refractivity contribution in [2.24, 2.45) is 0 Å². The predicted octanol–water partition coefficient (Wildman–Crippen LogP) is 1.36. The number of nitrogens with two attached hydrogens (primary N) is 1. The van der Waals surface area contributed by atoms with Gasteiger partial charge in [-0.3, -0.25) is 0 Å². The van der Waals surface area contributed by atoms with E-state index < -0.39 is 5.97 Å². The van der Waals surface area contributed by atoms with E-state index in [4.69, 9.17) is 15.2 Å². The van der Waals surface area contributed by atoms with Crippen LogP contribution in [0.4, 0.5) is 5.69 Å². The molecule has 1 aromatic carbocycles. The normalized spacial score (nSPS) is 10.0. The SMILES string of the molecule is COCCOC(=O)c1ccc(N)c(S)c1. The van der Waals surface area contributed by atoms with E-state index >= 15 is 0 Å². The molecule has 0 heterocycles. The van der Waals surface area contributed by atoms with E-state index in [1.807, 2.05) is 0 Å². The van der Waals surface area contributed by atoms with Crippen molar-refractivity contribution in [3.63, 3.8) is 0 Å². The highest BCUT2D eigenvalue weighted by Crippen LogP contribution is 2.18. The summed E-state index contributed by atoms with van der Waals surface area (Å²) in [6, 6.07) is 4.80. The van der Waals surface area contributed by atoms with Crippen molar-refractivity contribution < 1.29 is 14.3 Å². The van der Waals surface area contributed by atoms with Crippen LogP contribution < -0.4 is 5.73 Å². The average molecular weight is 227 g/mol. The lowest BCUT2D eigenvalue weighted by Crippen LogP contribution is -2.10. The number of nitrogen functional groups attached to an aromatic ring is 1. The molecule has 0 unspecified atom stereocenters. The maximum Gasteiger partial charge on any atom is 0.338 e. The lowest BCUT2D eigenvalue weighted by atomic mass is 10.2. The van der Waals surface area contributed by atoms with Gasteiger partial charge in [0.1, 0.15) is 6.61 Å². The number of methoxy groups -OCH3 is 1. The summed E-state index contributed by atoms with van der Waals surface area (Å²) < 4.78 is 9.68. The van der Waals surface area contributed by atoms with Crippen LogP contribution in [0, 0.1) is 0 Å². The number of hydrogen-bond donors (Lipinski definition) is 2. The number of esters is 1. The van der Waals surface area contributed by atoms with Gasteiger partial charge in [0.05, 0.1) is 12.2 Å². The van der Waals surface area contributed by atoms with Crippen molar-refractivity contribution in [2.75, 3.05) is 26.1 Å². The molecule has 5 heteroatoms. The molecule has 0 aliphatic rings. The smallest absolute Gasteiger partial charge is 0.338 e. The minimum atomic E-state index is -0.401. The number of rotatable bonds is 4. The summed E-state index contributed by atoms with van der Waals surface area (Å²) in [4.78, 5) is 12.0. The quantitative estimate of drug-likeness (QED) is 0.353. The fourth-order valence-electron chi connectivity index (χ4n) is 0.972. The molecule has 1 rings (SSSR count). The van der Waals surface area contributed by atoms with Gasteiger partial charge in [0.25, 0.3) is 0 Å². The van der Waals surface area contributed by atoms with E-state index in [-0.39, 0.29) is 6.61 Å². The number of ether oxygens (including phenoxy) is 2. The zero-order valence-corrected chi connectivity index (χ0v) is 9.29. The lowest BCUT2D eigenvalue weighted by Gasteiger charge is -2.05. The molecule has 0 saturated heterocycles. The number of carbonyl (C=O) groups excluding carboxylic acids is 1. The van der Waals surface area contributed by atoms with E-state index in [1.165, 1.54) is 0 Å². The van der Waals surface area contributed by atoms with E-state index in [0.29, 0.717) is 22.8 Å². The first-order valence-electron chi connectivity index (χ1n) is 4.39. The molecule has 4 nitrogen and oxygen atoms in total. The van der Waals surface area contributed by atoms with Gasteiger partial charge >= 0.3 is 5.97 Å². The van der Waals surface area contributed by atoms with Crippen LogP contribution in [0.3, 0.4) is 0 Å². The Labute approximate surface area is 93.8 Å². The largest absolute Gasteiger partial charge is 0.460 e. The van der Waals surface area contributed by atoms with Crippen molar-refractivity contribution >= 4 is 24.3 Å². The molecule has 0 fully saturated rings. The topological polar surface area (TPSA) is 61.5 Å². The highest BCUT2D eigenvalue weighted by atomic mass is 32.1. The Hall–Kier alpha value is -1.20. The molecule has 0 spiro atoms. The second-order valence-corrected chi connectivity index (χ2v) is 3.38. The van der Waals surface area contributed by atoms with Gasteiger partial charge in [-0.15, -0.1) is 12.6 Å². The number of thiol groups is 1. The fourth-order valence-corrected chi connectivity index (χ4v) is 1.19. The third-order valence-electron chi connectivity index (χ3n) is 1.79. The highest BCUT2D eigenvalue weighted by Gasteiger charge is 2.07. The third kappa shape index (κ3) is 3.45. The summed E-state index contributed by atoms with van der Waals surface area (Å²) in [5, 5.41) is 0. The van der Waals surface area contributed by atoms with Crippen molar-refractivity contribution in [1.82, 2.24) is 0 Å². The predicted molar refractivity (Wildman–Crippen MR) is 60.3 cm³/mol. The molecule has 1 aromatic rings. The van der Waals surface area contributed by atoms with Crippen LogP contribution in [0.1, 0.15) is 10.4 Å². The summed E-state index contributed by atoms with van der Waals surface area (Å²) in [7, 11) is 1.54. The van der Waals surface area contributed by atoms with Crippen molar-refractivity contribution in [1.29, 1.82) is 0 Å². The fraction of sp³-hybridized carbons (Fsp3) is 0.300. The Morgan fingerprint density at radius 3 is 2.80 bits per heavy atom. The van der Waals surface area contributed by atoms with Crippen molar-refractivity contribution in [3.8, 4) is 0 Å². The van der Waals surface area contributed by atoms with Gasteiger partial charge in [0.2, 0.25) is 0 Å². The first-order chi connectivity index (χ1) is 7.15. The minimum absolute atomic E-state index is 0.238. The first-order valence-corrected chi connectivity index (χ1v) is 4.84. The number of hydrogen-bond acceptors (Lipinski definition) is 5. The maximum atomic E-state index is 11.4. The molecule has 0 radical (unpaired) electrons. The Bertz CT molecular complexity index is 355. The van der Waals surface area contributed by atoms with Gasteiger partial charge in [-0.25, -0.2) is 4.79 Å². The lowest BCUT2D eigenvalue weighted by molar-refractivity contribution is 0.0388. The summed E-state index contributed by atoms with van der Waals surface area (Å²) in [5.41, 5.74) is 6.53. The Balaban J connectivity index is 2.62. The standard InChI is InChI=1S/C10H13NO3S/c1-13-4-5-14-10(12)7-2-3-8(11)9(15)6-7/h2-3,6,15H,4-5,11H2,1H3. The minimum Gasteiger partial charge on any atom is -0.460 e. The highest BCUT2D eigenvalue weighted by molar-refractivity contribution is 7.80. The van der Waals surface area contributed by atoms with Gasteiger partial charge in [-0.2, -0.15) is 0 Å². The van der Waals surface area contributed by atoms with Crippen LogP contribution in [0.5, 0.6) is 0 Å². The molecule has 0 atom stereocenters. The molecule has 0 bridgehead atoms. The molecule has 82 valence electrons. The van der Waals surface area contributed by atoms with E-state index in [1.54, 1.807) is 25.3 Å².